The fourth-order valence-electron chi connectivity index (χ4n) is 2.52. The van der Waals surface area contributed by atoms with Gasteiger partial charge in [-0.15, -0.1) is 11.3 Å². The molecule has 0 spiro atoms. The minimum atomic E-state index is -0.145. The zero-order valence-electron chi connectivity index (χ0n) is 12.4. The van der Waals surface area contributed by atoms with Crippen molar-refractivity contribution in [3.8, 4) is 11.3 Å². The second kappa shape index (κ2) is 6.22. The van der Waals surface area contributed by atoms with Crippen molar-refractivity contribution in [3.63, 3.8) is 0 Å². The van der Waals surface area contributed by atoms with Crippen molar-refractivity contribution in [1.82, 2.24) is 9.38 Å². The first-order valence-corrected chi connectivity index (χ1v) is 8.92. The van der Waals surface area contributed by atoms with Crippen LogP contribution in [-0.4, -0.2) is 15.3 Å². The molecule has 1 N–H and O–H groups in total. The molecule has 0 aliphatic heterocycles. The summed E-state index contributed by atoms with van der Waals surface area (Å²) in [6, 6.07) is 19.3. The van der Waals surface area contributed by atoms with Gasteiger partial charge in [-0.05, 0) is 40.2 Å². The van der Waals surface area contributed by atoms with Crippen LogP contribution in [0.25, 0.3) is 16.9 Å². The van der Waals surface area contributed by atoms with Crippen molar-refractivity contribution in [2.75, 3.05) is 5.32 Å². The van der Waals surface area contributed by atoms with Gasteiger partial charge in [0.2, 0.25) is 0 Å². The first-order chi connectivity index (χ1) is 11.7. The standard InChI is InChI=1S/C18H12BrN3OS/c19-14-10-9-13(24-14)18(23)21-17-16(12-6-2-1-3-7-12)20-15-8-4-5-11-22(15)17/h1-11H,(H,21,23). The Bertz CT molecular complexity index is 1020. The summed E-state index contributed by atoms with van der Waals surface area (Å²) in [5.74, 6) is 0.528. The molecule has 1 amide bonds. The molecule has 4 rings (SSSR count). The van der Waals surface area contributed by atoms with E-state index in [1.165, 1.54) is 11.3 Å². The van der Waals surface area contributed by atoms with Crippen molar-refractivity contribution in [2.24, 2.45) is 0 Å². The van der Waals surface area contributed by atoms with Gasteiger partial charge in [-0.1, -0.05) is 36.4 Å². The van der Waals surface area contributed by atoms with Crippen LogP contribution in [0.4, 0.5) is 5.82 Å². The van der Waals surface area contributed by atoms with Crippen molar-refractivity contribution in [1.29, 1.82) is 0 Å². The van der Waals surface area contributed by atoms with Crippen molar-refractivity contribution < 1.29 is 4.79 Å². The Morgan fingerprint density at radius 3 is 2.58 bits per heavy atom. The van der Waals surface area contributed by atoms with Crippen LogP contribution < -0.4 is 5.32 Å². The molecule has 1 aromatic carbocycles. The van der Waals surface area contributed by atoms with Gasteiger partial charge < -0.3 is 5.32 Å². The molecule has 3 heterocycles. The number of carbonyl (C=O) groups is 1. The summed E-state index contributed by atoms with van der Waals surface area (Å²) >= 11 is 4.79. The minimum Gasteiger partial charge on any atom is -0.305 e. The van der Waals surface area contributed by atoms with Gasteiger partial charge in [-0.3, -0.25) is 9.20 Å². The number of aromatic nitrogens is 2. The topological polar surface area (TPSA) is 46.4 Å². The van der Waals surface area contributed by atoms with Crippen molar-refractivity contribution in [2.45, 2.75) is 0 Å². The average Bonchev–Trinajstić information content (AvgIpc) is 3.20. The molecule has 4 aromatic rings. The number of nitrogens with one attached hydrogen (secondary N) is 1. The normalized spacial score (nSPS) is 10.9. The summed E-state index contributed by atoms with van der Waals surface area (Å²) in [6.07, 6.45) is 1.90. The van der Waals surface area contributed by atoms with E-state index in [9.17, 15) is 4.79 Å². The Hall–Kier alpha value is -2.44. The molecule has 0 atom stereocenters. The Labute approximate surface area is 150 Å². The first-order valence-electron chi connectivity index (χ1n) is 7.31. The molecule has 0 aliphatic rings. The summed E-state index contributed by atoms with van der Waals surface area (Å²) in [5.41, 5.74) is 2.51. The highest BCUT2D eigenvalue weighted by molar-refractivity contribution is 9.11. The van der Waals surface area contributed by atoms with E-state index < -0.39 is 0 Å². The lowest BCUT2D eigenvalue weighted by molar-refractivity contribution is 0.103. The molecule has 4 nitrogen and oxygen atoms in total. The van der Waals surface area contributed by atoms with E-state index in [1.54, 1.807) is 6.07 Å². The second-order valence-corrected chi connectivity index (χ2v) is 7.62. The Kier molecular flexibility index (Phi) is 3.92. The number of thiophene rings is 1. The van der Waals surface area contributed by atoms with Crippen LogP contribution in [0.5, 0.6) is 0 Å². The van der Waals surface area contributed by atoms with Gasteiger partial charge in [0, 0.05) is 11.8 Å². The number of amides is 1. The summed E-state index contributed by atoms with van der Waals surface area (Å²) in [5, 5.41) is 3.01. The van der Waals surface area contributed by atoms with Gasteiger partial charge in [-0.25, -0.2) is 4.98 Å². The van der Waals surface area contributed by atoms with Gasteiger partial charge in [0.05, 0.1) is 8.66 Å². The predicted octanol–water partition coefficient (Wildman–Crippen LogP) is 5.08. The Balaban J connectivity index is 1.82. The number of hydrogen-bond donors (Lipinski definition) is 1. The van der Waals surface area contributed by atoms with Gasteiger partial charge >= 0.3 is 0 Å². The van der Waals surface area contributed by atoms with Gasteiger partial charge in [0.1, 0.15) is 17.2 Å². The molecule has 3 aromatic heterocycles. The quantitative estimate of drug-likeness (QED) is 0.523. The average molecular weight is 398 g/mol. The fourth-order valence-corrected chi connectivity index (χ4v) is 3.80. The number of imidazole rings is 1. The maximum Gasteiger partial charge on any atom is 0.266 e. The zero-order chi connectivity index (χ0) is 16.5. The molecule has 24 heavy (non-hydrogen) atoms. The SMILES string of the molecule is O=C(Nc1c(-c2ccccc2)nc2ccccn12)c1ccc(Br)s1. The molecular weight excluding hydrogens is 386 g/mol. The number of benzene rings is 1. The highest BCUT2D eigenvalue weighted by Crippen LogP contribution is 2.30. The van der Waals surface area contributed by atoms with Crippen LogP contribution in [0.2, 0.25) is 0 Å². The summed E-state index contributed by atoms with van der Waals surface area (Å²) < 4.78 is 2.82. The van der Waals surface area contributed by atoms with Gasteiger partial charge in [0.25, 0.3) is 5.91 Å². The number of pyridine rings is 1. The minimum absolute atomic E-state index is 0.145. The number of anilines is 1. The van der Waals surface area contributed by atoms with Crippen LogP contribution in [-0.2, 0) is 0 Å². The number of halogens is 1. The second-order valence-electron chi connectivity index (χ2n) is 5.16. The molecular formula is C18H12BrN3OS. The highest BCUT2D eigenvalue weighted by atomic mass is 79.9. The van der Waals surface area contributed by atoms with E-state index >= 15 is 0 Å². The van der Waals surface area contributed by atoms with E-state index in [4.69, 9.17) is 0 Å². The smallest absolute Gasteiger partial charge is 0.266 e. The largest absolute Gasteiger partial charge is 0.305 e. The first kappa shape index (κ1) is 15.1. The molecule has 0 aliphatic carbocycles. The lowest BCUT2D eigenvalue weighted by Crippen LogP contribution is -2.12. The third kappa shape index (κ3) is 2.74. The monoisotopic (exact) mass is 397 g/mol. The van der Waals surface area contributed by atoms with E-state index in [1.807, 2.05) is 65.2 Å². The van der Waals surface area contributed by atoms with Crippen LogP contribution in [0.15, 0.2) is 70.6 Å². The van der Waals surface area contributed by atoms with Crippen LogP contribution in [0.1, 0.15) is 9.67 Å². The zero-order valence-corrected chi connectivity index (χ0v) is 14.8. The number of fused-ring (bicyclic) bond motifs is 1. The lowest BCUT2D eigenvalue weighted by atomic mass is 10.1. The van der Waals surface area contributed by atoms with Gasteiger partial charge in [0.15, 0.2) is 0 Å². The molecule has 0 fully saturated rings. The third-order valence-corrected chi connectivity index (χ3v) is 5.23. The molecule has 0 radical (unpaired) electrons. The van der Waals surface area contributed by atoms with Crippen LogP contribution in [0, 0.1) is 0 Å². The van der Waals surface area contributed by atoms with E-state index in [0.29, 0.717) is 10.7 Å². The molecule has 0 unspecified atom stereocenters. The van der Waals surface area contributed by atoms with Crippen LogP contribution >= 0.6 is 27.3 Å². The maximum absolute atomic E-state index is 12.6. The summed E-state index contributed by atoms with van der Waals surface area (Å²) in [6.45, 7) is 0. The third-order valence-electron chi connectivity index (χ3n) is 3.61. The van der Waals surface area contributed by atoms with E-state index in [2.05, 4.69) is 26.2 Å². The fraction of sp³-hybridized carbons (Fsp3) is 0. The molecule has 0 saturated heterocycles. The molecule has 6 heteroatoms. The molecule has 0 saturated carbocycles. The van der Waals surface area contributed by atoms with Crippen molar-refractivity contribution in [3.05, 3.63) is 75.5 Å². The maximum atomic E-state index is 12.6. The Morgan fingerprint density at radius 2 is 1.83 bits per heavy atom. The number of rotatable bonds is 3. The number of carbonyl (C=O) groups excluding carboxylic acids is 1. The lowest BCUT2D eigenvalue weighted by Gasteiger charge is -2.06. The van der Waals surface area contributed by atoms with Crippen molar-refractivity contribution >= 4 is 44.6 Å². The van der Waals surface area contributed by atoms with Gasteiger partial charge in [-0.2, -0.15) is 0 Å². The van der Waals surface area contributed by atoms with Crippen LogP contribution in [0.3, 0.4) is 0 Å². The molecule has 0 bridgehead atoms. The predicted molar refractivity (Wildman–Crippen MR) is 101 cm³/mol. The number of hydrogen-bond acceptors (Lipinski definition) is 3. The van der Waals surface area contributed by atoms with E-state index in [-0.39, 0.29) is 5.91 Å². The summed E-state index contributed by atoms with van der Waals surface area (Å²) in [7, 11) is 0. The molecule has 118 valence electrons. The number of nitrogens with zero attached hydrogens (tertiary/aromatic N) is 2. The Morgan fingerprint density at radius 1 is 1.04 bits per heavy atom. The summed E-state index contributed by atoms with van der Waals surface area (Å²) in [4.78, 5) is 17.9. The highest BCUT2D eigenvalue weighted by Gasteiger charge is 2.17. The van der Waals surface area contributed by atoms with E-state index in [0.717, 1.165) is 20.7 Å².